The zero-order valence-corrected chi connectivity index (χ0v) is 20.2. The second-order valence-corrected chi connectivity index (χ2v) is 10.0. The molecule has 2 aliphatic heterocycles. The molecule has 12 heteroatoms. The second-order valence-electron chi connectivity index (χ2n) is 8.97. The fourth-order valence-corrected chi connectivity index (χ4v) is 5.99. The third-order valence-electron chi connectivity index (χ3n) is 6.53. The molecule has 1 fully saturated rings. The monoisotopic (exact) mass is 514 g/mol. The molecule has 6 rings (SSSR count). The molecule has 1 amide bonds. The molecule has 1 N–H and O–H groups in total. The first-order chi connectivity index (χ1) is 17.2. The Morgan fingerprint density at radius 2 is 2.03 bits per heavy atom. The number of alkyl halides is 3. The average molecular weight is 515 g/mol. The largest absolute Gasteiger partial charge is 0.435 e. The van der Waals surface area contributed by atoms with E-state index in [9.17, 15) is 18.0 Å². The van der Waals surface area contributed by atoms with E-state index in [0.29, 0.717) is 46.2 Å². The van der Waals surface area contributed by atoms with Crippen molar-refractivity contribution in [1.82, 2.24) is 24.8 Å². The summed E-state index contributed by atoms with van der Waals surface area (Å²) in [6.07, 6.45) is -3.16. The Balaban J connectivity index is 1.48. The molecule has 5 heterocycles. The molecular weight excluding hydrogens is 493 g/mol. The van der Waals surface area contributed by atoms with Crippen LogP contribution in [0.5, 0.6) is 0 Å². The summed E-state index contributed by atoms with van der Waals surface area (Å²) in [5.41, 5.74) is 1.16. The van der Waals surface area contributed by atoms with Crippen LogP contribution in [0.1, 0.15) is 54.0 Å². The summed E-state index contributed by atoms with van der Waals surface area (Å²) in [5, 5.41) is 11.3. The van der Waals surface area contributed by atoms with Crippen LogP contribution in [-0.4, -0.2) is 37.3 Å². The molecule has 8 nitrogen and oxygen atoms in total. The van der Waals surface area contributed by atoms with Crippen molar-refractivity contribution < 1.29 is 22.5 Å². The Hall–Kier alpha value is -3.67. The Morgan fingerprint density at radius 3 is 2.75 bits per heavy atom. The van der Waals surface area contributed by atoms with Gasteiger partial charge in [-0.3, -0.25) is 4.79 Å². The van der Waals surface area contributed by atoms with Crippen molar-refractivity contribution in [3.05, 3.63) is 69.8 Å². The van der Waals surface area contributed by atoms with Gasteiger partial charge in [0.15, 0.2) is 11.5 Å². The molecule has 0 radical (unpaired) electrons. The van der Waals surface area contributed by atoms with E-state index >= 15 is 0 Å². The predicted molar refractivity (Wildman–Crippen MR) is 126 cm³/mol. The van der Waals surface area contributed by atoms with E-state index in [1.165, 1.54) is 16.0 Å². The lowest BCUT2D eigenvalue weighted by Gasteiger charge is -2.32. The highest BCUT2D eigenvalue weighted by atomic mass is 32.1. The van der Waals surface area contributed by atoms with Gasteiger partial charge in [-0.15, -0.1) is 11.3 Å². The Kier molecular flexibility index (Phi) is 5.18. The highest BCUT2D eigenvalue weighted by Gasteiger charge is 2.43. The van der Waals surface area contributed by atoms with Gasteiger partial charge in [-0.1, -0.05) is 17.3 Å². The Morgan fingerprint density at radius 1 is 1.22 bits per heavy atom. The SMILES string of the molecule is CC1=C(C(=O)N2CCC[C@H]2c2cc(C)no2)[C@H](c2nc3ccccc3s2)n2nc(C(F)(F)F)cc2N1. The van der Waals surface area contributed by atoms with Crippen molar-refractivity contribution in [2.45, 2.75) is 44.9 Å². The number of nitrogens with zero attached hydrogens (tertiary/aromatic N) is 5. The van der Waals surface area contributed by atoms with Crippen LogP contribution < -0.4 is 5.32 Å². The molecule has 0 bridgehead atoms. The number of carbonyl (C=O) groups excluding carboxylic acids is 1. The van der Waals surface area contributed by atoms with Gasteiger partial charge in [0.05, 0.1) is 27.5 Å². The van der Waals surface area contributed by atoms with Crippen LogP contribution in [-0.2, 0) is 11.0 Å². The maximum atomic E-state index is 14.1. The number of thiazole rings is 1. The first kappa shape index (κ1) is 22.8. The number of fused-ring (bicyclic) bond motifs is 2. The minimum Gasteiger partial charge on any atom is -0.359 e. The lowest BCUT2D eigenvalue weighted by atomic mass is 10.0. The Labute approximate surface area is 207 Å². The van der Waals surface area contributed by atoms with Crippen molar-refractivity contribution in [1.29, 1.82) is 0 Å². The van der Waals surface area contributed by atoms with E-state index in [4.69, 9.17) is 9.51 Å². The molecule has 0 aliphatic carbocycles. The molecule has 186 valence electrons. The molecular formula is C24H21F3N6O2S. The second kappa shape index (κ2) is 8.19. The van der Waals surface area contributed by atoms with Crippen molar-refractivity contribution in [2.75, 3.05) is 11.9 Å². The average Bonchev–Trinajstić information content (AvgIpc) is 3.61. The van der Waals surface area contributed by atoms with E-state index < -0.39 is 17.9 Å². The maximum Gasteiger partial charge on any atom is 0.435 e. The predicted octanol–water partition coefficient (Wildman–Crippen LogP) is 5.46. The van der Waals surface area contributed by atoms with Crippen molar-refractivity contribution in [2.24, 2.45) is 0 Å². The summed E-state index contributed by atoms with van der Waals surface area (Å²) in [6, 6.07) is 8.99. The highest BCUT2D eigenvalue weighted by Crippen LogP contribution is 2.43. The standard InChI is InChI=1S/C24H21F3N6O2S/c1-12-10-16(35-31-12)15-7-5-9-32(15)23(34)20-13(2)28-19-11-18(24(25,26)27)30-33(19)21(20)22-29-14-6-3-4-8-17(14)36-22/h3-4,6,8,10-11,15,21,28H,5,7,9H2,1-2H3/t15-,21+/m0/s1. The first-order valence-electron chi connectivity index (χ1n) is 11.4. The highest BCUT2D eigenvalue weighted by molar-refractivity contribution is 7.18. The number of nitrogens with one attached hydrogen (secondary N) is 1. The van der Waals surface area contributed by atoms with E-state index in [2.05, 4.69) is 15.6 Å². The maximum absolute atomic E-state index is 14.1. The van der Waals surface area contributed by atoms with Gasteiger partial charge < -0.3 is 14.7 Å². The third-order valence-corrected chi connectivity index (χ3v) is 7.62. The number of aryl methyl sites for hydroxylation is 1. The fraction of sp³-hybridized carbons (Fsp3) is 0.333. The topological polar surface area (TPSA) is 89.1 Å². The van der Waals surface area contributed by atoms with Gasteiger partial charge in [-0.05, 0) is 38.8 Å². The molecule has 4 aromatic rings. The molecule has 1 saturated heterocycles. The number of carbonyl (C=O) groups is 1. The van der Waals surface area contributed by atoms with Crippen LogP contribution in [0.15, 0.2) is 52.2 Å². The van der Waals surface area contributed by atoms with Crippen molar-refractivity contribution >= 4 is 33.3 Å². The van der Waals surface area contributed by atoms with Crippen LogP contribution in [0.4, 0.5) is 19.0 Å². The fourth-order valence-electron chi connectivity index (χ4n) is 4.92. The lowest BCUT2D eigenvalue weighted by Crippen LogP contribution is -2.38. The zero-order chi connectivity index (χ0) is 25.2. The van der Waals surface area contributed by atoms with Crippen molar-refractivity contribution in [3.63, 3.8) is 0 Å². The molecule has 2 aliphatic rings. The number of rotatable bonds is 3. The number of amides is 1. The number of aromatic nitrogens is 4. The van der Waals surface area contributed by atoms with Gasteiger partial charge in [0.2, 0.25) is 0 Å². The van der Waals surface area contributed by atoms with Gasteiger partial charge in [0.1, 0.15) is 16.9 Å². The van der Waals surface area contributed by atoms with Gasteiger partial charge in [-0.2, -0.15) is 18.3 Å². The molecule has 2 atom stereocenters. The summed E-state index contributed by atoms with van der Waals surface area (Å²) in [4.78, 5) is 20.5. The summed E-state index contributed by atoms with van der Waals surface area (Å²) in [7, 11) is 0. The van der Waals surface area contributed by atoms with Gasteiger partial charge in [0, 0.05) is 24.4 Å². The van der Waals surface area contributed by atoms with E-state index in [1.54, 1.807) is 11.8 Å². The lowest BCUT2D eigenvalue weighted by molar-refractivity contribution is -0.141. The number of benzene rings is 1. The summed E-state index contributed by atoms with van der Waals surface area (Å²) >= 11 is 1.34. The number of likely N-dealkylation sites (tertiary alicyclic amines) is 1. The summed E-state index contributed by atoms with van der Waals surface area (Å²) in [5.74, 6) is 0.455. The van der Waals surface area contributed by atoms with Crippen LogP contribution in [0.25, 0.3) is 10.2 Å². The number of hydrogen-bond donors (Lipinski definition) is 1. The minimum absolute atomic E-state index is 0.157. The number of halogens is 3. The van der Waals surface area contributed by atoms with Crippen molar-refractivity contribution in [3.8, 4) is 0 Å². The van der Waals surface area contributed by atoms with Gasteiger partial charge in [-0.25, -0.2) is 9.67 Å². The quantitative estimate of drug-likeness (QED) is 0.391. The molecule has 1 aromatic carbocycles. The summed E-state index contributed by atoms with van der Waals surface area (Å²) in [6.45, 7) is 4.00. The Bertz CT molecular complexity index is 1480. The molecule has 0 unspecified atom stereocenters. The van der Waals surface area contributed by atoms with Crippen LogP contribution >= 0.6 is 11.3 Å². The van der Waals surface area contributed by atoms with E-state index in [-0.39, 0.29) is 17.8 Å². The normalized spacial score (nSPS) is 20.2. The molecule has 0 spiro atoms. The molecule has 3 aromatic heterocycles. The number of allylic oxidation sites excluding steroid dienone is 1. The van der Waals surface area contributed by atoms with E-state index in [0.717, 1.165) is 17.2 Å². The smallest absolute Gasteiger partial charge is 0.359 e. The minimum atomic E-state index is -4.63. The zero-order valence-electron chi connectivity index (χ0n) is 19.3. The van der Waals surface area contributed by atoms with Gasteiger partial charge >= 0.3 is 6.18 Å². The van der Waals surface area contributed by atoms with E-state index in [1.807, 2.05) is 37.3 Å². The first-order valence-corrected chi connectivity index (χ1v) is 12.3. The molecule has 36 heavy (non-hydrogen) atoms. The van der Waals surface area contributed by atoms with Crippen LogP contribution in [0.2, 0.25) is 0 Å². The van der Waals surface area contributed by atoms with Crippen LogP contribution in [0.3, 0.4) is 0 Å². The number of anilines is 1. The van der Waals surface area contributed by atoms with Gasteiger partial charge in [0.25, 0.3) is 5.91 Å². The summed E-state index contributed by atoms with van der Waals surface area (Å²) < 4.78 is 48.3. The van der Waals surface area contributed by atoms with Crippen LogP contribution in [0, 0.1) is 6.92 Å². The third kappa shape index (κ3) is 3.67. The number of hydrogen-bond acceptors (Lipinski definition) is 7. The molecule has 0 saturated carbocycles. The number of para-hydroxylation sites is 1.